The molecular weight excluding hydrogens is 306 g/mol. The van der Waals surface area contributed by atoms with Gasteiger partial charge in [0, 0.05) is 13.2 Å². The van der Waals surface area contributed by atoms with Crippen molar-refractivity contribution in [2.75, 3.05) is 7.11 Å². The second kappa shape index (κ2) is 4.50. The molecule has 2 aromatic heterocycles. The van der Waals surface area contributed by atoms with E-state index in [1.54, 1.807) is 10.9 Å². The van der Waals surface area contributed by atoms with Crippen LogP contribution >= 0.6 is 27.3 Å². The lowest BCUT2D eigenvalue weighted by atomic mass is 10.3. The molecule has 0 atom stereocenters. The van der Waals surface area contributed by atoms with Gasteiger partial charge < -0.3 is 10.5 Å². The predicted octanol–water partition coefficient (Wildman–Crippen LogP) is 2.02. The van der Waals surface area contributed by atoms with E-state index in [4.69, 9.17) is 10.5 Å². The summed E-state index contributed by atoms with van der Waals surface area (Å²) in [4.78, 5) is 12.6. The first-order valence-corrected chi connectivity index (χ1v) is 6.31. The first kappa shape index (κ1) is 12.1. The van der Waals surface area contributed by atoms with Gasteiger partial charge in [-0.25, -0.2) is 0 Å². The van der Waals surface area contributed by atoms with Crippen LogP contribution in [0.25, 0.3) is 10.6 Å². The molecule has 0 aromatic carbocycles. The summed E-state index contributed by atoms with van der Waals surface area (Å²) in [5, 5.41) is 4.09. The maximum Gasteiger partial charge on any atom is 0.262 e. The summed E-state index contributed by atoms with van der Waals surface area (Å²) in [6, 6.07) is 1.86. The van der Waals surface area contributed by atoms with Crippen LogP contribution in [-0.2, 0) is 7.05 Å². The Morgan fingerprint density at radius 2 is 2.35 bits per heavy atom. The number of thiophene rings is 1. The quantitative estimate of drug-likeness (QED) is 0.942. The first-order chi connectivity index (χ1) is 8.06. The number of primary amides is 1. The van der Waals surface area contributed by atoms with Gasteiger partial charge in [-0.3, -0.25) is 9.48 Å². The van der Waals surface area contributed by atoms with Gasteiger partial charge >= 0.3 is 0 Å². The number of halogens is 1. The summed E-state index contributed by atoms with van der Waals surface area (Å²) in [5.41, 5.74) is 6.21. The molecule has 90 valence electrons. The molecule has 0 bridgehead atoms. The number of amides is 1. The van der Waals surface area contributed by atoms with E-state index in [0.29, 0.717) is 10.6 Å². The summed E-state index contributed by atoms with van der Waals surface area (Å²) in [5.74, 6) is -0.0281. The minimum atomic E-state index is -0.499. The molecule has 2 heterocycles. The third kappa shape index (κ3) is 1.96. The van der Waals surface area contributed by atoms with E-state index in [1.807, 2.05) is 13.1 Å². The molecule has 5 nitrogen and oxygen atoms in total. The number of ether oxygens (including phenoxy) is 1. The molecule has 0 saturated heterocycles. The monoisotopic (exact) mass is 315 g/mol. The topological polar surface area (TPSA) is 70.1 Å². The highest BCUT2D eigenvalue weighted by Gasteiger charge is 2.22. The van der Waals surface area contributed by atoms with Crippen molar-refractivity contribution in [3.63, 3.8) is 0 Å². The Morgan fingerprint density at radius 1 is 1.65 bits per heavy atom. The molecule has 0 saturated carbocycles. The van der Waals surface area contributed by atoms with E-state index < -0.39 is 5.91 Å². The number of hydrogen-bond donors (Lipinski definition) is 1. The third-order valence-corrected chi connectivity index (χ3v) is 4.52. The second-order valence-electron chi connectivity index (χ2n) is 3.31. The van der Waals surface area contributed by atoms with Gasteiger partial charge in [0.15, 0.2) is 5.75 Å². The first-order valence-electron chi connectivity index (χ1n) is 4.70. The summed E-state index contributed by atoms with van der Waals surface area (Å²) >= 11 is 4.71. The van der Waals surface area contributed by atoms with Crippen LogP contribution in [0.1, 0.15) is 9.67 Å². The number of carbonyl (C=O) groups is 1. The number of carbonyl (C=O) groups excluding carboxylic acids is 1. The minimum absolute atomic E-state index is 0.399. The molecule has 2 rings (SSSR count). The lowest BCUT2D eigenvalue weighted by Crippen LogP contribution is -2.09. The summed E-state index contributed by atoms with van der Waals surface area (Å²) in [6.45, 7) is 0. The normalized spacial score (nSPS) is 10.5. The van der Waals surface area contributed by atoms with E-state index >= 15 is 0 Å². The lowest BCUT2D eigenvalue weighted by molar-refractivity contribution is 0.100. The van der Waals surface area contributed by atoms with Gasteiger partial charge in [-0.15, -0.1) is 11.3 Å². The largest absolute Gasteiger partial charge is 0.494 e. The van der Waals surface area contributed by atoms with Crippen LogP contribution in [0.5, 0.6) is 5.75 Å². The molecule has 1 amide bonds. The fourth-order valence-corrected chi connectivity index (χ4v) is 3.51. The minimum Gasteiger partial charge on any atom is -0.494 e. The number of rotatable bonds is 3. The van der Waals surface area contributed by atoms with Crippen LogP contribution in [0.4, 0.5) is 0 Å². The average molecular weight is 316 g/mol. The lowest BCUT2D eigenvalue weighted by Gasteiger charge is -2.00. The summed E-state index contributed by atoms with van der Waals surface area (Å²) < 4.78 is 7.64. The zero-order chi connectivity index (χ0) is 12.6. The van der Waals surface area contributed by atoms with Crippen molar-refractivity contribution in [2.45, 2.75) is 0 Å². The highest BCUT2D eigenvalue weighted by molar-refractivity contribution is 9.10. The zero-order valence-electron chi connectivity index (χ0n) is 9.23. The second-order valence-corrected chi connectivity index (χ2v) is 5.13. The van der Waals surface area contributed by atoms with Gasteiger partial charge in [0.05, 0.1) is 22.2 Å². The van der Waals surface area contributed by atoms with Crippen molar-refractivity contribution in [1.82, 2.24) is 9.78 Å². The Morgan fingerprint density at radius 3 is 2.76 bits per heavy atom. The Hall–Kier alpha value is -1.34. The van der Waals surface area contributed by atoms with Crippen LogP contribution < -0.4 is 10.5 Å². The molecule has 2 N–H and O–H groups in total. The molecule has 0 spiro atoms. The van der Waals surface area contributed by atoms with Crippen LogP contribution in [0, 0.1) is 0 Å². The number of aromatic nitrogens is 2. The zero-order valence-corrected chi connectivity index (χ0v) is 11.6. The van der Waals surface area contributed by atoms with Crippen LogP contribution in [0.3, 0.4) is 0 Å². The molecular formula is C10H10BrN3O2S. The fraction of sp³-hybridized carbons (Fsp3) is 0.200. The Labute approximate surface area is 110 Å². The number of hydrogen-bond acceptors (Lipinski definition) is 4. The van der Waals surface area contributed by atoms with Gasteiger partial charge in [0.25, 0.3) is 5.91 Å². The van der Waals surface area contributed by atoms with Crippen molar-refractivity contribution >= 4 is 33.2 Å². The Kier molecular flexibility index (Phi) is 3.21. The smallest absolute Gasteiger partial charge is 0.262 e. The van der Waals surface area contributed by atoms with E-state index in [1.165, 1.54) is 18.4 Å². The molecule has 0 radical (unpaired) electrons. The number of methoxy groups -OCH3 is 1. The Balaban J connectivity index is 2.65. The van der Waals surface area contributed by atoms with Gasteiger partial charge in [-0.2, -0.15) is 5.10 Å². The van der Waals surface area contributed by atoms with Crippen LogP contribution in [0.15, 0.2) is 16.7 Å². The van der Waals surface area contributed by atoms with E-state index in [9.17, 15) is 4.79 Å². The maximum atomic E-state index is 11.3. The molecule has 17 heavy (non-hydrogen) atoms. The SMILES string of the molecule is COc1c(C(N)=O)sc(-c2ccnn2C)c1Br. The molecule has 7 heteroatoms. The Bertz CT molecular complexity index is 576. The fourth-order valence-electron chi connectivity index (χ4n) is 1.50. The van der Waals surface area contributed by atoms with Crippen LogP contribution in [-0.4, -0.2) is 22.8 Å². The average Bonchev–Trinajstić information content (AvgIpc) is 2.82. The molecule has 0 fully saturated rings. The molecule has 0 aliphatic heterocycles. The highest BCUT2D eigenvalue weighted by atomic mass is 79.9. The molecule has 0 unspecified atom stereocenters. The van der Waals surface area contributed by atoms with Crippen molar-refractivity contribution in [3.8, 4) is 16.3 Å². The van der Waals surface area contributed by atoms with E-state index in [0.717, 1.165) is 15.0 Å². The maximum absolute atomic E-state index is 11.3. The van der Waals surface area contributed by atoms with Gasteiger partial charge in [-0.05, 0) is 22.0 Å². The van der Waals surface area contributed by atoms with Crippen molar-refractivity contribution in [1.29, 1.82) is 0 Å². The number of aryl methyl sites for hydroxylation is 1. The van der Waals surface area contributed by atoms with E-state index in [-0.39, 0.29) is 0 Å². The number of nitrogens with zero attached hydrogens (tertiary/aromatic N) is 2. The molecule has 0 aliphatic carbocycles. The van der Waals surface area contributed by atoms with Gasteiger partial charge in [0.1, 0.15) is 4.88 Å². The van der Waals surface area contributed by atoms with Crippen LogP contribution in [0.2, 0.25) is 0 Å². The van der Waals surface area contributed by atoms with Gasteiger partial charge in [0.2, 0.25) is 0 Å². The van der Waals surface area contributed by atoms with Crippen molar-refractivity contribution < 1.29 is 9.53 Å². The third-order valence-electron chi connectivity index (χ3n) is 2.29. The molecule has 0 aliphatic rings. The van der Waals surface area contributed by atoms with Crippen molar-refractivity contribution in [3.05, 3.63) is 21.6 Å². The number of nitrogens with two attached hydrogens (primary N) is 1. The standard InChI is InChI=1S/C10H10BrN3O2S/c1-14-5(3-4-13-14)8-6(11)7(16-2)9(17-8)10(12)15/h3-4H,1-2H3,(H2,12,15). The predicted molar refractivity (Wildman–Crippen MR) is 69.3 cm³/mol. The summed E-state index contributed by atoms with van der Waals surface area (Å²) in [6.07, 6.45) is 1.69. The highest BCUT2D eigenvalue weighted by Crippen LogP contribution is 2.44. The molecule has 2 aromatic rings. The van der Waals surface area contributed by atoms with Crippen molar-refractivity contribution in [2.24, 2.45) is 12.8 Å². The van der Waals surface area contributed by atoms with E-state index in [2.05, 4.69) is 21.0 Å². The van der Waals surface area contributed by atoms with Gasteiger partial charge in [-0.1, -0.05) is 0 Å². The summed E-state index contributed by atoms with van der Waals surface area (Å²) in [7, 11) is 3.34.